The van der Waals surface area contributed by atoms with Crippen LogP contribution < -0.4 is 0 Å². The van der Waals surface area contributed by atoms with E-state index in [0.29, 0.717) is 0 Å². The second-order valence-electron chi connectivity index (χ2n) is 15.3. The lowest BCUT2D eigenvalue weighted by Crippen LogP contribution is -2.31. The number of rotatable bonds is 10. The Morgan fingerprint density at radius 3 is 1.66 bits per heavy atom. The topological polar surface area (TPSA) is 87.1 Å². The van der Waals surface area contributed by atoms with Gasteiger partial charge >= 0.3 is 0 Å². The Labute approximate surface area is 338 Å². The van der Waals surface area contributed by atoms with Crippen molar-refractivity contribution in [3.8, 4) is 33.4 Å². The summed E-state index contributed by atoms with van der Waals surface area (Å²) in [5, 5.41) is 18.7. The number of halogens is 1. The number of piperidine rings is 2. The number of fused-ring (bicyclic) bond motifs is 2. The Bertz CT molecular complexity index is 2340. The maximum absolute atomic E-state index is 9.90. The smallest absolute Gasteiger partial charge is 0.169 e. The molecule has 10 heteroatoms. The molecule has 0 spiro atoms. The SMILES string of the molecule is Brc1cnn2cc(-c3ccc(CCN4CCCCC4)cc3)cnc12.CC(O)c1cccc(-c2cnn3cc(-c4ccc(CCN5CCCCC5)cc4)cnc23)c1. The first-order valence-corrected chi connectivity index (χ1v) is 21.0. The molecule has 9 rings (SSSR count). The monoisotopic (exact) mass is 810 g/mol. The number of benzene rings is 3. The van der Waals surface area contributed by atoms with Crippen LogP contribution in [0.25, 0.3) is 44.7 Å². The van der Waals surface area contributed by atoms with Crippen LogP contribution in [0.5, 0.6) is 0 Å². The minimum Gasteiger partial charge on any atom is -0.389 e. The molecule has 7 aromatic rings. The number of aromatic nitrogens is 6. The number of aliphatic hydroxyl groups excluding tert-OH is 1. The summed E-state index contributed by atoms with van der Waals surface area (Å²) in [5.74, 6) is 0. The third-order valence-corrected chi connectivity index (χ3v) is 11.8. The summed E-state index contributed by atoms with van der Waals surface area (Å²) in [6.45, 7) is 9.14. The molecule has 2 aliphatic heterocycles. The lowest BCUT2D eigenvalue weighted by atomic mass is 10.0. The van der Waals surface area contributed by atoms with Crippen LogP contribution in [0.4, 0.5) is 0 Å². The summed E-state index contributed by atoms with van der Waals surface area (Å²) in [7, 11) is 0. The molecule has 3 aromatic carbocycles. The summed E-state index contributed by atoms with van der Waals surface area (Å²) >= 11 is 3.46. The van der Waals surface area contributed by atoms with E-state index in [2.05, 4.69) is 89.4 Å². The predicted molar refractivity (Wildman–Crippen MR) is 229 cm³/mol. The van der Waals surface area contributed by atoms with Crippen molar-refractivity contribution in [3.05, 3.63) is 131 Å². The van der Waals surface area contributed by atoms with E-state index in [9.17, 15) is 5.11 Å². The van der Waals surface area contributed by atoms with Gasteiger partial charge in [0.15, 0.2) is 11.3 Å². The van der Waals surface area contributed by atoms with Crippen LogP contribution in [0.3, 0.4) is 0 Å². The lowest BCUT2D eigenvalue weighted by Gasteiger charge is -2.26. The van der Waals surface area contributed by atoms with Gasteiger partial charge in [-0.3, -0.25) is 0 Å². The minimum absolute atomic E-state index is 0.501. The first kappa shape index (κ1) is 38.1. The van der Waals surface area contributed by atoms with Gasteiger partial charge in [-0.1, -0.05) is 79.6 Å². The molecule has 1 N–H and O–H groups in total. The van der Waals surface area contributed by atoms with Crippen molar-refractivity contribution in [2.45, 2.75) is 64.4 Å². The van der Waals surface area contributed by atoms with Gasteiger partial charge in [0, 0.05) is 54.6 Å². The molecule has 56 heavy (non-hydrogen) atoms. The highest BCUT2D eigenvalue weighted by Gasteiger charge is 2.14. The first-order chi connectivity index (χ1) is 27.5. The average molecular weight is 812 g/mol. The largest absolute Gasteiger partial charge is 0.389 e. The van der Waals surface area contributed by atoms with E-state index in [1.165, 1.54) is 87.9 Å². The third-order valence-electron chi connectivity index (χ3n) is 11.3. The molecule has 2 aliphatic rings. The van der Waals surface area contributed by atoms with Gasteiger partial charge in [0.2, 0.25) is 0 Å². The fourth-order valence-corrected chi connectivity index (χ4v) is 8.23. The molecule has 0 saturated carbocycles. The normalized spacial score (nSPS) is 15.8. The highest BCUT2D eigenvalue weighted by molar-refractivity contribution is 9.10. The van der Waals surface area contributed by atoms with Crippen LogP contribution in [0.2, 0.25) is 0 Å². The summed E-state index contributed by atoms with van der Waals surface area (Å²) in [4.78, 5) is 14.4. The Morgan fingerprint density at radius 2 is 1.11 bits per heavy atom. The number of hydrogen-bond acceptors (Lipinski definition) is 7. The average Bonchev–Trinajstić information content (AvgIpc) is 3.86. The molecule has 2 saturated heterocycles. The van der Waals surface area contributed by atoms with E-state index in [0.717, 1.165) is 68.5 Å². The van der Waals surface area contributed by atoms with Crippen molar-refractivity contribution < 1.29 is 5.11 Å². The molecule has 0 bridgehead atoms. The van der Waals surface area contributed by atoms with Gasteiger partial charge in [-0.05, 0) is 127 Å². The zero-order chi connectivity index (χ0) is 38.3. The molecule has 0 aliphatic carbocycles. The van der Waals surface area contributed by atoms with E-state index >= 15 is 0 Å². The molecule has 1 atom stereocenters. The van der Waals surface area contributed by atoms with Crippen LogP contribution in [-0.4, -0.2) is 83.4 Å². The van der Waals surface area contributed by atoms with Crippen molar-refractivity contribution in [2.75, 3.05) is 39.3 Å². The highest BCUT2D eigenvalue weighted by Crippen LogP contribution is 2.28. The number of nitrogens with zero attached hydrogens (tertiary/aromatic N) is 8. The Morgan fingerprint density at radius 1 is 0.589 bits per heavy atom. The second kappa shape index (κ2) is 18.0. The summed E-state index contributed by atoms with van der Waals surface area (Å²) in [6.07, 6.45) is 21.4. The molecular formula is C46H51BrN8O. The highest BCUT2D eigenvalue weighted by atomic mass is 79.9. The molecule has 6 heterocycles. The van der Waals surface area contributed by atoms with Gasteiger partial charge in [0.1, 0.15) is 0 Å². The first-order valence-electron chi connectivity index (χ1n) is 20.2. The van der Waals surface area contributed by atoms with Gasteiger partial charge in [0.05, 0.1) is 23.0 Å². The maximum atomic E-state index is 9.90. The summed E-state index contributed by atoms with van der Waals surface area (Å²) in [6, 6.07) is 25.6. The van der Waals surface area contributed by atoms with Crippen LogP contribution in [0.1, 0.15) is 68.2 Å². The van der Waals surface area contributed by atoms with E-state index in [1.54, 1.807) is 13.1 Å². The Hall–Kier alpha value is -4.74. The van der Waals surface area contributed by atoms with E-state index in [-0.39, 0.29) is 0 Å². The van der Waals surface area contributed by atoms with Crippen LogP contribution in [0.15, 0.2) is 114 Å². The Kier molecular flexibility index (Phi) is 12.3. The quantitative estimate of drug-likeness (QED) is 0.147. The zero-order valence-electron chi connectivity index (χ0n) is 32.3. The molecular weight excluding hydrogens is 760 g/mol. The van der Waals surface area contributed by atoms with Crippen molar-refractivity contribution >= 4 is 27.2 Å². The molecule has 9 nitrogen and oxygen atoms in total. The van der Waals surface area contributed by atoms with Crippen molar-refractivity contribution in [1.29, 1.82) is 0 Å². The fraction of sp³-hybridized carbons (Fsp3) is 0.348. The predicted octanol–water partition coefficient (Wildman–Crippen LogP) is 9.33. The summed E-state index contributed by atoms with van der Waals surface area (Å²) in [5.41, 5.74) is 11.8. The van der Waals surface area contributed by atoms with Gasteiger partial charge in [-0.15, -0.1) is 0 Å². The third kappa shape index (κ3) is 9.27. The fourth-order valence-electron chi connectivity index (χ4n) is 7.86. The van der Waals surface area contributed by atoms with Crippen molar-refractivity contribution in [2.24, 2.45) is 0 Å². The molecule has 2 fully saturated rings. The lowest BCUT2D eigenvalue weighted by molar-refractivity contribution is 0.199. The number of likely N-dealkylation sites (tertiary alicyclic amines) is 2. The minimum atomic E-state index is -0.501. The van der Waals surface area contributed by atoms with Gasteiger partial charge in [-0.25, -0.2) is 19.0 Å². The van der Waals surface area contributed by atoms with Crippen LogP contribution in [-0.2, 0) is 12.8 Å². The van der Waals surface area contributed by atoms with Crippen molar-refractivity contribution in [3.63, 3.8) is 0 Å². The van der Waals surface area contributed by atoms with Crippen LogP contribution in [0, 0.1) is 0 Å². The zero-order valence-corrected chi connectivity index (χ0v) is 33.9. The van der Waals surface area contributed by atoms with E-state index < -0.39 is 6.10 Å². The second-order valence-corrected chi connectivity index (χ2v) is 16.1. The molecule has 0 radical (unpaired) electrons. The number of aliphatic hydroxyl groups is 1. The van der Waals surface area contributed by atoms with Crippen LogP contribution >= 0.6 is 15.9 Å². The standard InChI is InChI=1S/C27H30N4O.C19H21BrN4/c1-20(32)23-6-5-7-24(16-23)26-18-29-31-19-25(17-28-27(26)31)22-10-8-21(9-11-22)12-15-30-13-3-2-4-14-30;20-18-13-22-24-14-17(12-21-19(18)24)16-6-4-15(5-7-16)8-11-23-9-2-1-3-10-23/h5-11,16-20,32H,2-4,12-15H2,1H3;4-7,12-14H,1-3,8-11H2. The Balaban J connectivity index is 0.000000164. The molecule has 1 unspecified atom stereocenters. The van der Waals surface area contributed by atoms with Gasteiger partial charge in [-0.2, -0.15) is 10.2 Å². The maximum Gasteiger partial charge on any atom is 0.169 e. The van der Waals surface area contributed by atoms with E-state index in [4.69, 9.17) is 4.98 Å². The molecule has 0 amide bonds. The van der Waals surface area contributed by atoms with Gasteiger partial charge in [0.25, 0.3) is 0 Å². The number of hydrogen-bond donors (Lipinski definition) is 1. The van der Waals surface area contributed by atoms with Gasteiger partial charge < -0.3 is 14.9 Å². The molecule has 288 valence electrons. The van der Waals surface area contributed by atoms with Crippen molar-refractivity contribution in [1.82, 2.24) is 39.0 Å². The van der Waals surface area contributed by atoms with E-state index in [1.807, 2.05) is 64.3 Å². The summed E-state index contributed by atoms with van der Waals surface area (Å²) < 4.78 is 4.57. The molecule has 4 aromatic heterocycles.